The lowest BCUT2D eigenvalue weighted by Gasteiger charge is -2.31. The minimum absolute atomic E-state index is 0.0278. The molecule has 0 aliphatic rings. The highest BCUT2D eigenvalue weighted by Crippen LogP contribution is 2.07. The molecule has 0 aliphatic carbocycles. The van der Waals surface area contributed by atoms with Gasteiger partial charge in [0.1, 0.15) is 0 Å². The molecule has 0 atom stereocenters. The van der Waals surface area contributed by atoms with Crippen LogP contribution in [0.1, 0.15) is 27.7 Å². The summed E-state index contributed by atoms with van der Waals surface area (Å²) in [5.41, 5.74) is 4.81. The van der Waals surface area contributed by atoms with Crippen LogP contribution in [0.25, 0.3) is 0 Å². The zero-order valence-corrected chi connectivity index (χ0v) is 8.87. The van der Waals surface area contributed by atoms with Crippen LogP contribution in [0.5, 0.6) is 0 Å². The van der Waals surface area contributed by atoms with Crippen molar-refractivity contribution in [1.82, 2.24) is 4.90 Å². The topological polar surface area (TPSA) is 66.6 Å². The van der Waals surface area contributed by atoms with Crippen LogP contribution in [-0.4, -0.2) is 40.6 Å². The molecule has 0 spiro atoms. The van der Waals surface area contributed by atoms with Gasteiger partial charge in [-0.1, -0.05) is 0 Å². The maximum atomic E-state index is 11.7. The van der Waals surface area contributed by atoms with Crippen molar-refractivity contribution in [3.8, 4) is 0 Å². The Hall–Kier alpha value is -0.610. The van der Waals surface area contributed by atoms with Gasteiger partial charge in [-0.2, -0.15) is 0 Å². The van der Waals surface area contributed by atoms with Crippen LogP contribution >= 0.6 is 0 Å². The minimum atomic E-state index is -0.862. The Morgan fingerprint density at radius 2 is 2.00 bits per heavy atom. The molecule has 0 aromatic heterocycles. The van der Waals surface area contributed by atoms with Crippen molar-refractivity contribution in [3.63, 3.8) is 0 Å². The van der Waals surface area contributed by atoms with E-state index in [1.165, 1.54) is 0 Å². The van der Waals surface area contributed by atoms with Crippen molar-refractivity contribution in [3.05, 3.63) is 0 Å². The minimum Gasteiger partial charge on any atom is -0.395 e. The molecule has 0 aliphatic heterocycles. The summed E-state index contributed by atoms with van der Waals surface area (Å²) < 4.78 is 0. The maximum Gasteiger partial charge on any atom is 0.242 e. The van der Waals surface area contributed by atoms with Crippen LogP contribution in [0, 0.1) is 0 Å². The van der Waals surface area contributed by atoms with Gasteiger partial charge < -0.3 is 15.7 Å². The number of carbonyl (C=O) groups is 1. The molecule has 0 unspecified atom stereocenters. The first-order chi connectivity index (χ1) is 5.80. The van der Waals surface area contributed by atoms with Gasteiger partial charge >= 0.3 is 0 Å². The van der Waals surface area contributed by atoms with E-state index in [0.29, 0.717) is 6.54 Å². The number of aliphatic hydroxyl groups excluding tert-OH is 1. The molecule has 0 aromatic carbocycles. The summed E-state index contributed by atoms with van der Waals surface area (Å²) in [4.78, 5) is 13.3. The molecule has 1 amide bonds. The van der Waals surface area contributed by atoms with E-state index >= 15 is 0 Å². The van der Waals surface area contributed by atoms with E-state index in [4.69, 9.17) is 10.8 Å². The van der Waals surface area contributed by atoms with E-state index in [-0.39, 0.29) is 18.6 Å². The molecule has 0 rings (SSSR count). The highest BCUT2D eigenvalue weighted by Gasteiger charge is 2.28. The molecule has 0 radical (unpaired) electrons. The summed E-state index contributed by atoms with van der Waals surface area (Å²) in [6, 6.07) is 0.0717. The molecule has 78 valence electrons. The molecule has 0 heterocycles. The number of nitrogens with zero attached hydrogens (tertiary/aromatic N) is 1. The van der Waals surface area contributed by atoms with Gasteiger partial charge in [-0.25, -0.2) is 0 Å². The lowest BCUT2D eigenvalue weighted by atomic mass is 10.0. The Balaban J connectivity index is 4.47. The van der Waals surface area contributed by atoms with E-state index in [1.54, 1.807) is 18.7 Å². The van der Waals surface area contributed by atoms with Crippen molar-refractivity contribution in [1.29, 1.82) is 0 Å². The fourth-order valence-electron chi connectivity index (χ4n) is 1.07. The zero-order chi connectivity index (χ0) is 10.6. The molecule has 0 bridgehead atoms. The molecule has 4 heteroatoms. The molecule has 0 aromatic rings. The third kappa shape index (κ3) is 3.74. The maximum absolute atomic E-state index is 11.7. The Labute approximate surface area is 79.7 Å². The molecular weight excluding hydrogens is 168 g/mol. The van der Waals surface area contributed by atoms with Crippen molar-refractivity contribution in [2.24, 2.45) is 5.73 Å². The number of nitrogens with two attached hydrogens (primary N) is 1. The SMILES string of the molecule is CC(C)N(CCO)C(=O)C(C)(C)N. The molecule has 0 saturated heterocycles. The van der Waals surface area contributed by atoms with E-state index in [0.717, 1.165) is 0 Å². The number of amides is 1. The summed E-state index contributed by atoms with van der Waals surface area (Å²) in [5, 5.41) is 8.77. The van der Waals surface area contributed by atoms with Crippen molar-refractivity contribution < 1.29 is 9.90 Å². The van der Waals surface area contributed by atoms with Gasteiger partial charge in [0.15, 0.2) is 0 Å². The molecule has 4 nitrogen and oxygen atoms in total. The Morgan fingerprint density at radius 3 is 2.23 bits per heavy atom. The van der Waals surface area contributed by atoms with Crippen molar-refractivity contribution >= 4 is 5.91 Å². The van der Waals surface area contributed by atoms with Gasteiger partial charge in [0.25, 0.3) is 0 Å². The highest BCUT2D eigenvalue weighted by atomic mass is 16.3. The Kier molecular flexibility index (Phi) is 4.36. The second-order valence-corrected chi connectivity index (χ2v) is 4.04. The number of hydrogen-bond acceptors (Lipinski definition) is 3. The summed E-state index contributed by atoms with van der Waals surface area (Å²) >= 11 is 0. The predicted octanol–water partition coefficient (Wildman–Crippen LogP) is -0.0470. The number of aliphatic hydroxyl groups is 1. The standard InChI is InChI=1S/C9H20N2O2/c1-7(2)11(5-6-12)8(13)9(3,4)10/h7,12H,5-6,10H2,1-4H3. The van der Waals surface area contributed by atoms with E-state index < -0.39 is 5.54 Å². The third-order valence-electron chi connectivity index (χ3n) is 1.78. The van der Waals surface area contributed by atoms with Crippen LogP contribution in [0.4, 0.5) is 0 Å². The van der Waals surface area contributed by atoms with Gasteiger partial charge in [0.2, 0.25) is 5.91 Å². The fraction of sp³-hybridized carbons (Fsp3) is 0.889. The normalized spacial score (nSPS) is 11.9. The third-order valence-corrected chi connectivity index (χ3v) is 1.78. The first kappa shape index (κ1) is 12.4. The van der Waals surface area contributed by atoms with Gasteiger partial charge in [-0.3, -0.25) is 4.79 Å². The molecule has 0 saturated carbocycles. The quantitative estimate of drug-likeness (QED) is 0.650. The molecule has 13 heavy (non-hydrogen) atoms. The van der Waals surface area contributed by atoms with Crippen LogP contribution in [0.2, 0.25) is 0 Å². The summed E-state index contributed by atoms with van der Waals surface area (Å²) in [6.07, 6.45) is 0. The second-order valence-electron chi connectivity index (χ2n) is 4.04. The lowest BCUT2D eigenvalue weighted by Crippen LogP contribution is -2.54. The van der Waals surface area contributed by atoms with Crippen molar-refractivity contribution in [2.75, 3.05) is 13.2 Å². The summed E-state index contributed by atoms with van der Waals surface area (Å²) in [7, 11) is 0. The van der Waals surface area contributed by atoms with E-state index in [1.807, 2.05) is 13.8 Å². The van der Waals surface area contributed by atoms with Crippen LogP contribution in [0.15, 0.2) is 0 Å². The zero-order valence-electron chi connectivity index (χ0n) is 8.87. The summed E-state index contributed by atoms with van der Waals surface area (Å²) in [5.74, 6) is -0.128. The smallest absolute Gasteiger partial charge is 0.242 e. The Bertz CT molecular complexity index is 173. The van der Waals surface area contributed by atoms with Crippen LogP contribution in [0.3, 0.4) is 0 Å². The average Bonchev–Trinajstić information content (AvgIpc) is 1.96. The van der Waals surface area contributed by atoms with E-state index in [9.17, 15) is 4.79 Å². The van der Waals surface area contributed by atoms with Gasteiger partial charge in [0.05, 0.1) is 12.1 Å². The van der Waals surface area contributed by atoms with E-state index in [2.05, 4.69) is 0 Å². The summed E-state index contributed by atoms with van der Waals surface area (Å²) in [6.45, 7) is 7.46. The Morgan fingerprint density at radius 1 is 1.54 bits per heavy atom. The number of rotatable bonds is 4. The average molecular weight is 188 g/mol. The highest BCUT2D eigenvalue weighted by molar-refractivity contribution is 5.85. The largest absolute Gasteiger partial charge is 0.395 e. The molecule has 0 fully saturated rings. The molecule has 3 N–H and O–H groups in total. The number of carbonyl (C=O) groups excluding carboxylic acids is 1. The second kappa shape index (κ2) is 4.58. The fourth-order valence-corrected chi connectivity index (χ4v) is 1.07. The van der Waals surface area contributed by atoms with Gasteiger partial charge in [-0.15, -0.1) is 0 Å². The van der Waals surface area contributed by atoms with Gasteiger partial charge in [-0.05, 0) is 27.7 Å². The van der Waals surface area contributed by atoms with Crippen LogP contribution in [-0.2, 0) is 4.79 Å². The van der Waals surface area contributed by atoms with Gasteiger partial charge in [0, 0.05) is 12.6 Å². The van der Waals surface area contributed by atoms with Crippen LogP contribution < -0.4 is 5.73 Å². The monoisotopic (exact) mass is 188 g/mol. The predicted molar refractivity (Wildman–Crippen MR) is 52.2 cm³/mol. The molecular formula is C9H20N2O2. The first-order valence-electron chi connectivity index (χ1n) is 4.51. The lowest BCUT2D eigenvalue weighted by molar-refractivity contribution is -0.138. The van der Waals surface area contributed by atoms with Crippen molar-refractivity contribution in [2.45, 2.75) is 39.3 Å². The number of hydrogen-bond donors (Lipinski definition) is 2. The first-order valence-corrected chi connectivity index (χ1v) is 4.51.